The molecule has 6 nitrogen and oxygen atoms in total. The van der Waals surface area contributed by atoms with Gasteiger partial charge in [-0.15, -0.1) is 0 Å². The second kappa shape index (κ2) is 7.15. The first kappa shape index (κ1) is 22.1. The van der Waals surface area contributed by atoms with E-state index in [4.69, 9.17) is 9.47 Å². The minimum absolute atomic E-state index is 0.0651. The molecule has 5 rings (SSSR count). The molecule has 10 atom stereocenters. The van der Waals surface area contributed by atoms with Crippen LogP contribution in [-0.4, -0.2) is 52.5 Å². The fraction of sp³-hybridized carbons (Fsp3) is 0.960. The van der Waals surface area contributed by atoms with E-state index in [1.165, 1.54) is 0 Å². The van der Waals surface area contributed by atoms with Crippen LogP contribution >= 0.6 is 0 Å². The van der Waals surface area contributed by atoms with E-state index in [0.717, 1.165) is 57.8 Å². The maximum absolute atomic E-state index is 13.5. The highest BCUT2D eigenvalue weighted by Crippen LogP contribution is 2.73. The van der Waals surface area contributed by atoms with E-state index in [2.05, 4.69) is 20.8 Å². The van der Waals surface area contributed by atoms with E-state index in [9.17, 15) is 20.1 Å². The van der Waals surface area contributed by atoms with E-state index in [1.54, 1.807) is 0 Å². The third kappa shape index (κ3) is 3.15. The van der Waals surface area contributed by atoms with Gasteiger partial charge < -0.3 is 24.8 Å². The Bertz CT molecular complexity index is 742. The minimum Gasteiger partial charge on any atom is -0.432 e. The molecular formula is C25H40O6. The maximum atomic E-state index is 13.5. The van der Waals surface area contributed by atoms with E-state index in [0.29, 0.717) is 5.92 Å². The number of carbonyl (C=O) groups is 1. The molecule has 0 aromatic carbocycles. The van der Waals surface area contributed by atoms with Gasteiger partial charge in [-0.3, -0.25) is 4.79 Å². The Labute approximate surface area is 185 Å². The summed E-state index contributed by atoms with van der Waals surface area (Å²) in [4.78, 5) is 13.5. The van der Waals surface area contributed by atoms with Crippen LogP contribution in [0.5, 0.6) is 0 Å². The molecule has 0 aromatic rings. The summed E-state index contributed by atoms with van der Waals surface area (Å²) in [6.45, 7) is 6.82. The summed E-state index contributed by atoms with van der Waals surface area (Å²) >= 11 is 0. The number of esters is 1. The Morgan fingerprint density at radius 2 is 1.74 bits per heavy atom. The topological polar surface area (TPSA) is 96.2 Å². The first-order valence-electron chi connectivity index (χ1n) is 12.4. The van der Waals surface area contributed by atoms with Crippen molar-refractivity contribution >= 4 is 5.97 Å². The summed E-state index contributed by atoms with van der Waals surface area (Å²) in [6.07, 6.45) is 6.56. The lowest BCUT2D eigenvalue weighted by molar-refractivity contribution is -0.247. The lowest BCUT2D eigenvalue weighted by atomic mass is 9.40. The van der Waals surface area contributed by atoms with Crippen molar-refractivity contribution in [3.63, 3.8) is 0 Å². The van der Waals surface area contributed by atoms with E-state index < -0.39 is 23.9 Å². The van der Waals surface area contributed by atoms with Gasteiger partial charge in [0, 0.05) is 6.42 Å². The number of fused-ring (bicyclic) bond motifs is 3. The molecule has 1 heterocycles. The number of ether oxygens (including phenoxy) is 2. The van der Waals surface area contributed by atoms with Gasteiger partial charge in [0.2, 0.25) is 6.29 Å². The highest BCUT2D eigenvalue weighted by Gasteiger charge is 2.68. The first-order valence-corrected chi connectivity index (χ1v) is 12.4. The monoisotopic (exact) mass is 436 g/mol. The highest BCUT2D eigenvalue weighted by molar-refractivity contribution is 5.77. The molecule has 1 saturated heterocycles. The van der Waals surface area contributed by atoms with Crippen molar-refractivity contribution in [2.45, 2.75) is 110 Å². The zero-order valence-corrected chi connectivity index (χ0v) is 19.3. The lowest BCUT2D eigenvalue weighted by Gasteiger charge is -2.64. The third-order valence-electron chi connectivity index (χ3n) is 10.6. The summed E-state index contributed by atoms with van der Waals surface area (Å²) in [7, 11) is 0. The molecule has 0 amide bonds. The molecule has 31 heavy (non-hydrogen) atoms. The molecule has 176 valence electrons. The predicted molar refractivity (Wildman–Crippen MR) is 114 cm³/mol. The fourth-order valence-corrected chi connectivity index (χ4v) is 9.10. The summed E-state index contributed by atoms with van der Waals surface area (Å²) in [5.41, 5.74) is -0.238. The van der Waals surface area contributed by atoms with Crippen LogP contribution in [0.2, 0.25) is 0 Å². The van der Waals surface area contributed by atoms with Crippen molar-refractivity contribution < 1.29 is 29.6 Å². The van der Waals surface area contributed by atoms with Crippen LogP contribution < -0.4 is 0 Å². The van der Waals surface area contributed by atoms with Gasteiger partial charge in [-0.1, -0.05) is 20.3 Å². The first-order chi connectivity index (χ1) is 14.5. The third-order valence-corrected chi connectivity index (χ3v) is 10.6. The zero-order chi connectivity index (χ0) is 22.2. The van der Waals surface area contributed by atoms with Gasteiger partial charge in [-0.25, -0.2) is 0 Å². The van der Waals surface area contributed by atoms with E-state index in [-0.39, 0.29) is 47.3 Å². The fourth-order valence-electron chi connectivity index (χ4n) is 9.10. The standard InChI is InChI=1S/C25H40O6/c1-22-9-5-18-23(2)7-4-8-24(3,17(23)6-10-25(18,14-22)12-19(22)28)21(29)31-20-16(27)11-15(26)13-30-20/h15-20,26-28H,4-14H2,1-3H3. The van der Waals surface area contributed by atoms with Crippen molar-refractivity contribution in [2.75, 3.05) is 6.61 Å². The van der Waals surface area contributed by atoms with Crippen molar-refractivity contribution in [3.05, 3.63) is 0 Å². The quantitative estimate of drug-likeness (QED) is 0.576. The zero-order valence-electron chi connectivity index (χ0n) is 19.3. The SMILES string of the molecule is CC12CCC3C(CCC4C(C)(C(=O)OC5OCC(O)CC5O)CCCC34C)(CC1O)C2. The molecule has 5 aliphatic rings. The van der Waals surface area contributed by atoms with Gasteiger partial charge in [0.15, 0.2) is 0 Å². The average molecular weight is 437 g/mol. The number of hydrogen-bond acceptors (Lipinski definition) is 6. The van der Waals surface area contributed by atoms with Crippen molar-refractivity contribution in [3.8, 4) is 0 Å². The number of aliphatic hydroxyl groups excluding tert-OH is 3. The van der Waals surface area contributed by atoms with Crippen LogP contribution in [0.3, 0.4) is 0 Å². The molecule has 0 aromatic heterocycles. The van der Waals surface area contributed by atoms with Crippen molar-refractivity contribution in [2.24, 2.45) is 33.5 Å². The number of aliphatic hydroxyl groups is 3. The number of hydrogen-bond donors (Lipinski definition) is 3. The summed E-state index contributed by atoms with van der Waals surface area (Å²) in [5.74, 6) is 0.528. The molecule has 4 saturated carbocycles. The summed E-state index contributed by atoms with van der Waals surface area (Å²) in [6, 6.07) is 0. The van der Waals surface area contributed by atoms with E-state index >= 15 is 0 Å². The van der Waals surface area contributed by atoms with Crippen LogP contribution in [0.15, 0.2) is 0 Å². The normalized spacial score (nSPS) is 56.5. The van der Waals surface area contributed by atoms with Crippen LogP contribution in [0.4, 0.5) is 0 Å². The molecule has 2 bridgehead atoms. The van der Waals surface area contributed by atoms with Gasteiger partial charge in [-0.05, 0) is 86.4 Å². The molecule has 4 aliphatic carbocycles. The molecule has 1 aliphatic heterocycles. The second-order valence-corrected chi connectivity index (χ2v) is 12.4. The van der Waals surface area contributed by atoms with Crippen molar-refractivity contribution in [1.82, 2.24) is 0 Å². The highest BCUT2D eigenvalue weighted by atomic mass is 16.7. The average Bonchev–Trinajstić information content (AvgIpc) is 2.87. The lowest BCUT2D eigenvalue weighted by Crippen LogP contribution is -2.59. The Balaban J connectivity index is 1.39. The Morgan fingerprint density at radius 1 is 1.00 bits per heavy atom. The Morgan fingerprint density at radius 3 is 2.48 bits per heavy atom. The van der Waals surface area contributed by atoms with Gasteiger partial charge in [0.05, 0.1) is 24.2 Å². The second-order valence-electron chi connectivity index (χ2n) is 12.4. The van der Waals surface area contributed by atoms with Crippen LogP contribution in [0.25, 0.3) is 0 Å². The maximum Gasteiger partial charge on any atom is 0.314 e. The smallest absolute Gasteiger partial charge is 0.314 e. The van der Waals surface area contributed by atoms with Gasteiger partial charge in [0.1, 0.15) is 6.10 Å². The predicted octanol–water partition coefficient (Wildman–Crippen LogP) is 3.16. The van der Waals surface area contributed by atoms with Gasteiger partial charge in [0.25, 0.3) is 0 Å². The van der Waals surface area contributed by atoms with Crippen LogP contribution in [0, 0.1) is 33.5 Å². The van der Waals surface area contributed by atoms with Crippen LogP contribution in [0.1, 0.15) is 85.0 Å². The van der Waals surface area contributed by atoms with E-state index in [1.807, 2.05) is 0 Å². The molecule has 5 fully saturated rings. The molecule has 0 radical (unpaired) electrons. The van der Waals surface area contributed by atoms with Crippen LogP contribution in [-0.2, 0) is 14.3 Å². The summed E-state index contributed by atoms with van der Waals surface area (Å²) < 4.78 is 11.2. The molecule has 1 spiro atoms. The molecule has 3 N–H and O–H groups in total. The molecule has 10 unspecified atom stereocenters. The number of carbonyl (C=O) groups excluding carboxylic acids is 1. The molecule has 6 heteroatoms. The Hall–Kier alpha value is -0.690. The van der Waals surface area contributed by atoms with Gasteiger partial charge >= 0.3 is 5.97 Å². The molecular weight excluding hydrogens is 396 g/mol. The Kier molecular flexibility index (Phi) is 5.10. The van der Waals surface area contributed by atoms with Crippen molar-refractivity contribution in [1.29, 1.82) is 0 Å². The summed E-state index contributed by atoms with van der Waals surface area (Å²) in [5, 5.41) is 30.8. The van der Waals surface area contributed by atoms with Gasteiger partial charge in [-0.2, -0.15) is 0 Å². The minimum atomic E-state index is -0.990. The number of rotatable bonds is 2. The largest absolute Gasteiger partial charge is 0.432 e.